The first-order chi connectivity index (χ1) is 15.1. The monoisotopic (exact) mass is 524 g/mol. The summed E-state index contributed by atoms with van der Waals surface area (Å²) in [5.74, 6) is -0.158. The average molecular weight is 524 g/mol. The van der Waals surface area contributed by atoms with Crippen LogP contribution in [0.2, 0.25) is 0 Å². The average Bonchev–Trinajstić information content (AvgIpc) is 3.22. The van der Waals surface area contributed by atoms with Crippen molar-refractivity contribution in [3.05, 3.63) is 119 Å². The molecule has 1 aromatic heterocycles. The maximum Gasteiger partial charge on any atom is 0.326 e. The summed E-state index contributed by atoms with van der Waals surface area (Å²) in [7, 11) is 1.34. The second-order valence-corrected chi connectivity index (χ2v) is 8.29. The van der Waals surface area contributed by atoms with Crippen LogP contribution in [0.4, 0.5) is 5.69 Å². The molecule has 0 saturated carbocycles. The van der Waals surface area contributed by atoms with E-state index in [2.05, 4.69) is 41.6 Å². The summed E-state index contributed by atoms with van der Waals surface area (Å²) in [4.78, 5) is 12.2. The van der Waals surface area contributed by atoms with Crippen molar-refractivity contribution in [2.45, 2.75) is 9.34 Å². The normalized spacial score (nSPS) is 12.3. The molecule has 4 rings (SSSR count). The van der Waals surface area contributed by atoms with Crippen LogP contribution in [0.1, 0.15) is 32.1 Å². The van der Waals surface area contributed by atoms with Crippen molar-refractivity contribution in [1.29, 1.82) is 0 Å². The Morgan fingerprint density at radius 1 is 0.903 bits per heavy atom. The molecule has 5 nitrogen and oxygen atoms in total. The molecule has 0 spiro atoms. The second-order valence-electron chi connectivity index (χ2n) is 7.04. The van der Waals surface area contributed by atoms with Crippen molar-refractivity contribution in [1.82, 2.24) is 5.16 Å². The summed E-state index contributed by atoms with van der Waals surface area (Å²) >= 11 is 1.96. The predicted octanol–water partition coefficient (Wildman–Crippen LogP) is 5.29. The molecule has 0 aliphatic rings. The zero-order valence-electron chi connectivity index (χ0n) is 16.9. The van der Waals surface area contributed by atoms with Crippen LogP contribution in [0, 0.1) is 0 Å². The number of anilines is 1. The fraction of sp³-hybridized carbons (Fsp3) is 0.120. The zero-order chi connectivity index (χ0) is 21.8. The highest BCUT2D eigenvalue weighted by atomic mass is 127. The van der Waals surface area contributed by atoms with Crippen LogP contribution in [-0.4, -0.2) is 18.2 Å². The lowest BCUT2D eigenvalue weighted by molar-refractivity contribution is -0.139. The third kappa shape index (κ3) is 3.61. The fourth-order valence-corrected chi connectivity index (χ4v) is 4.65. The number of carbonyl (C=O) groups is 1. The number of aromatic nitrogens is 1. The van der Waals surface area contributed by atoms with Gasteiger partial charge in [-0.15, -0.1) is 0 Å². The molecule has 0 aliphatic carbocycles. The van der Waals surface area contributed by atoms with Crippen molar-refractivity contribution < 1.29 is 14.1 Å². The Bertz CT molecular complexity index is 1060. The molecule has 6 heteroatoms. The zero-order valence-corrected chi connectivity index (χ0v) is 19.0. The second kappa shape index (κ2) is 8.93. The molecule has 0 radical (unpaired) electrons. The highest BCUT2D eigenvalue weighted by Gasteiger charge is 2.44. The van der Waals surface area contributed by atoms with Crippen molar-refractivity contribution in [2.24, 2.45) is 0 Å². The Labute approximate surface area is 194 Å². The fourth-order valence-electron chi connectivity index (χ4n) is 3.95. The maximum absolute atomic E-state index is 12.2. The van der Waals surface area contributed by atoms with Gasteiger partial charge in [0.1, 0.15) is 11.4 Å². The minimum Gasteiger partial charge on any atom is -0.468 e. The van der Waals surface area contributed by atoms with E-state index in [4.69, 9.17) is 15.0 Å². The minimum absolute atomic E-state index is 0.287. The number of nitrogens with two attached hydrogens (primary N) is 1. The minimum atomic E-state index is -0.831. The van der Waals surface area contributed by atoms with Gasteiger partial charge in [0.15, 0.2) is 9.68 Å². The number of hydrogen-bond donors (Lipinski definition) is 1. The Hall–Kier alpha value is -3.13. The van der Waals surface area contributed by atoms with Gasteiger partial charge < -0.3 is 15.0 Å². The van der Waals surface area contributed by atoms with Gasteiger partial charge in [0.25, 0.3) is 0 Å². The number of nitrogen functional groups attached to an aromatic ring is 1. The first-order valence-electron chi connectivity index (χ1n) is 9.74. The topological polar surface area (TPSA) is 78.3 Å². The van der Waals surface area contributed by atoms with Crippen molar-refractivity contribution >= 4 is 34.2 Å². The lowest BCUT2D eigenvalue weighted by atomic mass is 9.67. The number of carbonyl (C=O) groups excluding carboxylic acids is 1. The predicted molar refractivity (Wildman–Crippen MR) is 128 cm³/mol. The van der Waals surface area contributed by atoms with Gasteiger partial charge in [0.2, 0.25) is 0 Å². The molecule has 1 unspecified atom stereocenters. The molecule has 2 N–H and O–H groups in total. The van der Waals surface area contributed by atoms with Gasteiger partial charge in [-0.05, 0) is 16.7 Å². The van der Waals surface area contributed by atoms with Crippen LogP contribution in [0.3, 0.4) is 0 Å². The third-order valence-corrected chi connectivity index (χ3v) is 6.44. The van der Waals surface area contributed by atoms with Gasteiger partial charge in [-0.3, -0.25) is 4.79 Å². The van der Waals surface area contributed by atoms with E-state index in [1.54, 1.807) is 0 Å². The summed E-state index contributed by atoms with van der Waals surface area (Å²) in [5.41, 5.74) is 9.63. The molecule has 1 heterocycles. The lowest BCUT2D eigenvalue weighted by Crippen LogP contribution is -2.32. The van der Waals surface area contributed by atoms with Crippen LogP contribution < -0.4 is 5.73 Å². The largest absolute Gasteiger partial charge is 0.468 e. The van der Waals surface area contributed by atoms with E-state index in [9.17, 15) is 4.79 Å². The molecular weight excluding hydrogens is 503 g/mol. The van der Waals surface area contributed by atoms with E-state index in [1.165, 1.54) is 7.11 Å². The van der Waals surface area contributed by atoms with E-state index in [1.807, 2.05) is 77.2 Å². The summed E-state index contributed by atoms with van der Waals surface area (Å²) in [6.45, 7) is 0. The third-order valence-electron chi connectivity index (χ3n) is 5.37. The Kier molecular flexibility index (Phi) is 6.08. The molecule has 0 saturated heterocycles. The van der Waals surface area contributed by atoms with Crippen molar-refractivity contribution in [3.63, 3.8) is 0 Å². The van der Waals surface area contributed by atoms with Crippen LogP contribution in [0.5, 0.6) is 0 Å². The molecule has 31 heavy (non-hydrogen) atoms. The lowest BCUT2D eigenvalue weighted by Gasteiger charge is -2.34. The highest BCUT2D eigenvalue weighted by molar-refractivity contribution is 14.1. The van der Waals surface area contributed by atoms with Crippen molar-refractivity contribution in [2.75, 3.05) is 12.8 Å². The molecule has 3 aromatic carbocycles. The van der Waals surface area contributed by atoms with E-state index >= 15 is 0 Å². The molecular formula is C25H21IN2O3. The number of esters is 1. The van der Waals surface area contributed by atoms with Crippen molar-refractivity contribution in [3.8, 4) is 0 Å². The van der Waals surface area contributed by atoms with Gasteiger partial charge in [-0.25, -0.2) is 0 Å². The number of nitrogens with zero attached hydrogens (tertiary/aromatic N) is 1. The van der Waals surface area contributed by atoms with Crippen LogP contribution in [0.15, 0.2) is 95.5 Å². The summed E-state index contributed by atoms with van der Waals surface area (Å²) in [6.07, 6.45) is 0. The molecule has 0 aliphatic heterocycles. The number of rotatable bonds is 6. The summed E-state index contributed by atoms with van der Waals surface area (Å²) < 4.78 is 9.84. The molecule has 1 atom stereocenters. The number of ether oxygens (including phenoxy) is 1. The van der Waals surface area contributed by atoms with Gasteiger partial charge >= 0.3 is 5.97 Å². The van der Waals surface area contributed by atoms with E-state index in [-0.39, 0.29) is 5.76 Å². The number of benzene rings is 3. The number of hydrogen-bond acceptors (Lipinski definition) is 5. The van der Waals surface area contributed by atoms with Gasteiger partial charge in [-0.2, -0.15) is 0 Å². The van der Waals surface area contributed by atoms with Gasteiger partial charge in [0.05, 0.1) is 12.5 Å². The Morgan fingerprint density at radius 2 is 1.32 bits per heavy atom. The van der Waals surface area contributed by atoms with E-state index in [0.717, 1.165) is 16.7 Å². The van der Waals surface area contributed by atoms with Gasteiger partial charge in [-0.1, -0.05) is 119 Å². The molecule has 0 bridgehead atoms. The Morgan fingerprint density at radius 3 is 1.71 bits per heavy atom. The number of halogens is 1. The standard InChI is InChI=1S/C25H21IN2O3/c1-30-24(29)20(26)22-21(27)23(28-31-22)25(17-11-5-2-6-12-17,18-13-7-3-8-14-18)19-15-9-4-10-16-19/h2-16,20H,27H2,1H3. The molecule has 156 valence electrons. The first kappa shape index (κ1) is 21.1. The maximum atomic E-state index is 12.2. The molecule has 0 fully saturated rings. The van der Waals surface area contributed by atoms with E-state index in [0.29, 0.717) is 11.4 Å². The SMILES string of the molecule is COC(=O)C(I)c1onc(C(c2ccccc2)(c2ccccc2)c2ccccc2)c1N. The molecule has 0 amide bonds. The van der Waals surface area contributed by atoms with Crippen LogP contribution >= 0.6 is 22.6 Å². The van der Waals surface area contributed by atoms with Gasteiger partial charge in [0, 0.05) is 0 Å². The Balaban J connectivity index is 2.07. The smallest absolute Gasteiger partial charge is 0.326 e. The first-order valence-corrected chi connectivity index (χ1v) is 11.0. The van der Waals surface area contributed by atoms with E-state index < -0.39 is 15.3 Å². The number of alkyl halides is 1. The van der Waals surface area contributed by atoms with Crippen LogP contribution in [-0.2, 0) is 14.9 Å². The quantitative estimate of drug-likeness (QED) is 0.161. The van der Waals surface area contributed by atoms with Crippen LogP contribution in [0.25, 0.3) is 0 Å². The number of methoxy groups -OCH3 is 1. The molecule has 4 aromatic rings. The summed E-state index contributed by atoms with van der Waals surface area (Å²) in [5, 5.41) is 4.44. The highest BCUT2D eigenvalue weighted by Crippen LogP contribution is 2.48. The summed E-state index contributed by atoms with van der Waals surface area (Å²) in [6, 6.07) is 30.2.